The fraction of sp³-hybridized carbons (Fsp3) is 0.308. The molecule has 0 saturated carbocycles. The van der Waals surface area contributed by atoms with Crippen molar-refractivity contribution in [2.24, 2.45) is 0 Å². The molecular formula is C13H15ClFN3. The van der Waals surface area contributed by atoms with Crippen molar-refractivity contribution >= 4 is 11.6 Å². The van der Waals surface area contributed by atoms with Gasteiger partial charge in [0.1, 0.15) is 5.82 Å². The van der Waals surface area contributed by atoms with Crippen LogP contribution < -0.4 is 5.32 Å². The van der Waals surface area contributed by atoms with Crippen molar-refractivity contribution in [3.05, 3.63) is 52.8 Å². The maximum atomic E-state index is 13.7. The molecule has 1 heterocycles. The van der Waals surface area contributed by atoms with E-state index < -0.39 is 0 Å². The molecule has 1 aromatic carbocycles. The average Bonchev–Trinajstić information content (AvgIpc) is 2.80. The fourth-order valence-electron chi connectivity index (χ4n) is 1.70. The molecule has 0 unspecified atom stereocenters. The van der Waals surface area contributed by atoms with Crippen molar-refractivity contribution in [1.82, 2.24) is 14.9 Å². The molecule has 5 heteroatoms. The number of rotatable bonds is 5. The smallest absolute Gasteiger partial charge is 0.146 e. The molecule has 0 aliphatic heterocycles. The van der Waals surface area contributed by atoms with Crippen molar-refractivity contribution < 1.29 is 4.39 Å². The van der Waals surface area contributed by atoms with E-state index in [1.54, 1.807) is 24.5 Å². The molecule has 2 rings (SSSR count). The van der Waals surface area contributed by atoms with Crippen LogP contribution in [-0.2, 0) is 13.1 Å². The number of hydrogen-bond donors (Lipinski definition) is 1. The minimum absolute atomic E-state index is 0.153. The number of hydrogen-bond acceptors (Lipinski definition) is 2. The van der Waals surface area contributed by atoms with E-state index in [1.165, 1.54) is 0 Å². The molecule has 0 atom stereocenters. The number of imidazole rings is 1. The SMILES string of the molecule is CCNCc1cn(Cc2cccc(Cl)c2F)cn1. The van der Waals surface area contributed by atoms with E-state index in [4.69, 9.17) is 11.6 Å². The Morgan fingerprint density at radius 1 is 1.44 bits per heavy atom. The van der Waals surface area contributed by atoms with Crippen LogP contribution in [0.5, 0.6) is 0 Å². The van der Waals surface area contributed by atoms with E-state index in [-0.39, 0.29) is 10.8 Å². The normalized spacial score (nSPS) is 10.8. The van der Waals surface area contributed by atoms with Crippen molar-refractivity contribution in [2.75, 3.05) is 6.54 Å². The lowest BCUT2D eigenvalue weighted by Crippen LogP contribution is -2.11. The Morgan fingerprint density at radius 2 is 2.28 bits per heavy atom. The van der Waals surface area contributed by atoms with Crippen molar-refractivity contribution in [3.8, 4) is 0 Å². The number of halogens is 2. The third-order valence-corrected chi connectivity index (χ3v) is 2.92. The summed E-state index contributed by atoms with van der Waals surface area (Å²) in [5.41, 5.74) is 1.51. The van der Waals surface area contributed by atoms with Gasteiger partial charge in [0.25, 0.3) is 0 Å². The Labute approximate surface area is 111 Å². The molecule has 0 bridgehead atoms. The first-order chi connectivity index (χ1) is 8.70. The summed E-state index contributed by atoms with van der Waals surface area (Å²) in [7, 11) is 0. The monoisotopic (exact) mass is 267 g/mol. The summed E-state index contributed by atoms with van der Waals surface area (Å²) in [5.74, 6) is -0.360. The predicted octanol–water partition coefficient (Wildman–Crippen LogP) is 2.83. The number of nitrogens with one attached hydrogen (secondary N) is 1. The van der Waals surface area contributed by atoms with E-state index >= 15 is 0 Å². The summed E-state index contributed by atoms with van der Waals surface area (Å²) in [6.07, 6.45) is 3.61. The Balaban J connectivity index is 2.09. The molecule has 0 amide bonds. The highest BCUT2D eigenvalue weighted by molar-refractivity contribution is 6.30. The van der Waals surface area contributed by atoms with Gasteiger partial charge in [-0.2, -0.15) is 0 Å². The molecule has 0 aliphatic carbocycles. The Morgan fingerprint density at radius 3 is 3.06 bits per heavy atom. The topological polar surface area (TPSA) is 29.9 Å². The van der Waals surface area contributed by atoms with Crippen LogP contribution in [0.3, 0.4) is 0 Å². The van der Waals surface area contributed by atoms with Gasteiger partial charge in [-0.1, -0.05) is 30.7 Å². The van der Waals surface area contributed by atoms with Crippen LogP contribution in [0.25, 0.3) is 0 Å². The van der Waals surface area contributed by atoms with Crippen LogP contribution in [0.1, 0.15) is 18.2 Å². The Hall–Kier alpha value is -1.39. The van der Waals surface area contributed by atoms with Gasteiger partial charge in [0.2, 0.25) is 0 Å². The summed E-state index contributed by atoms with van der Waals surface area (Å²) in [6.45, 7) is 4.10. The van der Waals surface area contributed by atoms with Crippen molar-refractivity contribution in [2.45, 2.75) is 20.0 Å². The highest BCUT2D eigenvalue weighted by atomic mass is 35.5. The number of benzene rings is 1. The second kappa shape index (κ2) is 5.98. The first-order valence-electron chi connectivity index (χ1n) is 5.85. The van der Waals surface area contributed by atoms with Gasteiger partial charge in [0, 0.05) is 18.3 Å². The zero-order valence-corrected chi connectivity index (χ0v) is 10.9. The minimum atomic E-state index is -0.360. The summed E-state index contributed by atoms with van der Waals surface area (Å²) in [4.78, 5) is 4.25. The van der Waals surface area contributed by atoms with E-state index in [1.807, 2.05) is 17.7 Å². The van der Waals surface area contributed by atoms with Crippen LogP contribution in [0, 0.1) is 5.82 Å². The zero-order valence-electron chi connectivity index (χ0n) is 10.2. The average molecular weight is 268 g/mol. The molecule has 1 aromatic heterocycles. The lowest BCUT2D eigenvalue weighted by Gasteiger charge is -2.05. The van der Waals surface area contributed by atoms with Gasteiger partial charge in [-0.3, -0.25) is 0 Å². The van der Waals surface area contributed by atoms with E-state index in [9.17, 15) is 4.39 Å². The summed E-state index contributed by atoms with van der Waals surface area (Å²) < 4.78 is 15.6. The second-order valence-corrected chi connectivity index (χ2v) is 4.44. The highest BCUT2D eigenvalue weighted by Crippen LogP contribution is 2.18. The first kappa shape index (κ1) is 13.1. The molecule has 2 aromatic rings. The zero-order chi connectivity index (χ0) is 13.0. The first-order valence-corrected chi connectivity index (χ1v) is 6.22. The second-order valence-electron chi connectivity index (χ2n) is 4.03. The molecule has 96 valence electrons. The van der Waals surface area contributed by atoms with Gasteiger partial charge in [-0.25, -0.2) is 9.37 Å². The maximum Gasteiger partial charge on any atom is 0.146 e. The molecule has 3 nitrogen and oxygen atoms in total. The third kappa shape index (κ3) is 3.09. The fourth-order valence-corrected chi connectivity index (χ4v) is 1.90. The standard InChI is InChI=1S/C13H15ClFN3/c1-2-16-6-11-8-18(9-17-11)7-10-4-3-5-12(14)13(10)15/h3-5,8-9,16H,2,6-7H2,1H3. The van der Waals surface area contributed by atoms with Gasteiger partial charge in [0.15, 0.2) is 0 Å². The predicted molar refractivity (Wildman–Crippen MR) is 70.1 cm³/mol. The molecule has 18 heavy (non-hydrogen) atoms. The van der Waals surface area contributed by atoms with Gasteiger partial charge < -0.3 is 9.88 Å². The van der Waals surface area contributed by atoms with Crippen LogP contribution >= 0.6 is 11.6 Å². The highest BCUT2D eigenvalue weighted by Gasteiger charge is 2.07. The van der Waals surface area contributed by atoms with E-state index in [0.717, 1.165) is 18.8 Å². The van der Waals surface area contributed by atoms with Crippen molar-refractivity contribution in [1.29, 1.82) is 0 Å². The number of nitrogens with zero attached hydrogens (tertiary/aromatic N) is 2. The van der Waals surface area contributed by atoms with Crippen molar-refractivity contribution in [3.63, 3.8) is 0 Å². The van der Waals surface area contributed by atoms with E-state index in [2.05, 4.69) is 10.3 Å². The number of aromatic nitrogens is 2. The largest absolute Gasteiger partial charge is 0.333 e. The molecule has 0 saturated heterocycles. The lowest BCUT2D eigenvalue weighted by molar-refractivity contribution is 0.599. The van der Waals surface area contributed by atoms with Gasteiger partial charge in [-0.05, 0) is 12.6 Å². The van der Waals surface area contributed by atoms with Crippen LogP contribution in [0.4, 0.5) is 4.39 Å². The van der Waals surface area contributed by atoms with Gasteiger partial charge in [-0.15, -0.1) is 0 Å². The molecule has 0 spiro atoms. The third-order valence-electron chi connectivity index (χ3n) is 2.63. The molecular weight excluding hydrogens is 253 g/mol. The molecule has 1 N–H and O–H groups in total. The molecule has 0 aliphatic rings. The quantitative estimate of drug-likeness (QED) is 0.903. The van der Waals surface area contributed by atoms with Gasteiger partial charge >= 0.3 is 0 Å². The summed E-state index contributed by atoms with van der Waals surface area (Å²) >= 11 is 5.74. The summed E-state index contributed by atoms with van der Waals surface area (Å²) in [6, 6.07) is 5.02. The van der Waals surface area contributed by atoms with Crippen LogP contribution in [-0.4, -0.2) is 16.1 Å². The van der Waals surface area contributed by atoms with E-state index in [0.29, 0.717) is 12.1 Å². The molecule has 0 fully saturated rings. The Bertz CT molecular complexity index is 525. The maximum absolute atomic E-state index is 13.7. The lowest BCUT2D eigenvalue weighted by atomic mass is 10.2. The van der Waals surface area contributed by atoms with Crippen LogP contribution in [0.2, 0.25) is 5.02 Å². The van der Waals surface area contributed by atoms with Crippen LogP contribution in [0.15, 0.2) is 30.7 Å². The Kier molecular flexibility index (Phi) is 4.33. The minimum Gasteiger partial charge on any atom is -0.333 e. The summed E-state index contributed by atoms with van der Waals surface area (Å²) in [5, 5.41) is 3.34. The van der Waals surface area contributed by atoms with Gasteiger partial charge in [0.05, 0.1) is 23.6 Å². The molecule has 0 radical (unpaired) electrons.